The predicted octanol–water partition coefficient (Wildman–Crippen LogP) is 2.72. The molecule has 2 aromatic heterocycles. The molecule has 21 heavy (non-hydrogen) atoms. The first-order valence-electron chi connectivity index (χ1n) is 6.58. The van der Waals surface area contributed by atoms with Crippen molar-refractivity contribution >= 4 is 22.5 Å². The summed E-state index contributed by atoms with van der Waals surface area (Å²) >= 11 is 0. The Bertz CT molecular complexity index is 806. The van der Waals surface area contributed by atoms with E-state index < -0.39 is 0 Å². The number of para-hydroxylation sites is 1. The van der Waals surface area contributed by atoms with Gasteiger partial charge in [0.25, 0.3) is 5.91 Å². The Morgan fingerprint density at radius 3 is 2.81 bits per heavy atom. The highest BCUT2D eigenvalue weighted by atomic mass is 16.2. The predicted molar refractivity (Wildman–Crippen MR) is 82.2 cm³/mol. The average molecular weight is 278 g/mol. The summed E-state index contributed by atoms with van der Waals surface area (Å²) in [6.45, 7) is 1.82. The van der Waals surface area contributed by atoms with Crippen LogP contribution in [0, 0.1) is 0 Å². The van der Waals surface area contributed by atoms with Crippen LogP contribution in [0.2, 0.25) is 0 Å². The van der Waals surface area contributed by atoms with E-state index in [1.807, 2.05) is 49.4 Å². The normalized spacial score (nSPS) is 11.6. The first-order chi connectivity index (χ1) is 10.2. The Kier molecular flexibility index (Phi) is 3.47. The van der Waals surface area contributed by atoms with Crippen LogP contribution in [-0.4, -0.2) is 21.6 Å². The molecule has 0 atom stereocenters. The number of carbonyl (C=O) groups is 1. The number of fused-ring (bicyclic) bond motifs is 1. The number of benzene rings is 1. The van der Waals surface area contributed by atoms with Gasteiger partial charge in [0, 0.05) is 11.6 Å². The highest BCUT2D eigenvalue weighted by Gasteiger charge is 2.07. The second kappa shape index (κ2) is 5.58. The zero-order valence-corrected chi connectivity index (χ0v) is 11.5. The van der Waals surface area contributed by atoms with Crippen LogP contribution in [-0.2, 0) is 0 Å². The fourth-order valence-electron chi connectivity index (χ4n) is 2.00. The topological polar surface area (TPSA) is 70.1 Å². The summed E-state index contributed by atoms with van der Waals surface area (Å²) in [4.78, 5) is 19.4. The maximum atomic E-state index is 12.1. The summed E-state index contributed by atoms with van der Waals surface area (Å²) in [7, 11) is 0. The molecule has 0 aliphatic carbocycles. The smallest absolute Gasteiger partial charge is 0.289 e. The van der Waals surface area contributed by atoms with Gasteiger partial charge in [-0.05, 0) is 31.2 Å². The molecule has 0 fully saturated rings. The Balaban J connectivity index is 1.79. The fourth-order valence-corrected chi connectivity index (χ4v) is 2.00. The molecule has 104 valence electrons. The minimum atomic E-state index is -0.327. The minimum absolute atomic E-state index is 0.327. The summed E-state index contributed by atoms with van der Waals surface area (Å²) in [5.74, 6) is -0.327. The molecular formula is C16H14N4O. The standard InChI is InChI=1S/C16H14N4O/c1-11(13-7-4-10-17-13)19-20-16(21)15-9-8-12-5-2-3-6-14(12)18-15/h2-10,17H,1H3,(H,20,21)/b19-11+. The number of aromatic amines is 1. The first-order valence-corrected chi connectivity index (χ1v) is 6.58. The van der Waals surface area contributed by atoms with Crippen LogP contribution < -0.4 is 5.43 Å². The molecule has 0 spiro atoms. The van der Waals surface area contributed by atoms with Crippen molar-refractivity contribution in [3.05, 3.63) is 66.1 Å². The zero-order chi connectivity index (χ0) is 14.7. The molecule has 5 heteroatoms. The molecule has 1 aromatic carbocycles. The molecule has 1 amide bonds. The number of hydrazone groups is 1. The van der Waals surface area contributed by atoms with Crippen molar-refractivity contribution in [3.63, 3.8) is 0 Å². The van der Waals surface area contributed by atoms with E-state index in [1.54, 1.807) is 12.3 Å². The van der Waals surface area contributed by atoms with E-state index in [2.05, 4.69) is 20.5 Å². The molecule has 0 aliphatic heterocycles. The van der Waals surface area contributed by atoms with Crippen molar-refractivity contribution < 1.29 is 4.79 Å². The first kappa shape index (κ1) is 13.1. The third kappa shape index (κ3) is 2.81. The van der Waals surface area contributed by atoms with E-state index in [9.17, 15) is 4.79 Å². The molecule has 0 bridgehead atoms. The van der Waals surface area contributed by atoms with Gasteiger partial charge < -0.3 is 4.98 Å². The van der Waals surface area contributed by atoms with Gasteiger partial charge in [0.1, 0.15) is 5.69 Å². The van der Waals surface area contributed by atoms with Gasteiger partial charge in [0.05, 0.1) is 16.9 Å². The van der Waals surface area contributed by atoms with Crippen molar-refractivity contribution in [2.45, 2.75) is 6.92 Å². The number of H-pyrrole nitrogens is 1. The van der Waals surface area contributed by atoms with E-state index in [4.69, 9.17) is 0 Å². The Hall–Kier alpha value is -2.95. The molecule has 2 N–H and O–H groups in total. The van der Waals surface area contributed by atoms with E-state index in [-0.39, 0.29) is 5.91 Å². The van der Waals surface area contributed by atoms with Crippen LogP contribution in [0.1, 0.15) is 23.1 Å². The zero-order valence-electron chi connectivity index (χ0n) is 11.5. The van der Waals surface area contributed by atoms with Crippen molar-refractivity contribution in [1.29, 1.82) is 0 Å². The molecule has 0 saturated carbocycles. The van der Waals surface area contributed by atoms with Crippen molar-refractivity contribution in [2.75, 3.05) is 0 Å². The molecule has 0 radical (unpaired) electrons. The molecule has 3 aromatic rings. The molecule has 0 aliphatic rings. The van der Waals surface area contributed by atoms with E-state index >= 15 is 0 Å². The maximum absolute atomic E-state index is 12.1. The van der Waals surface area contributed by atoms with Crippen LogP contribution in [0.25, 0.3) is 10.9 Å². The van der Waals surface area contributed by atoms with E-state index in [0.717, 1.165) is 16.6 Å². The number of carbonyl (C=O) groups excluding carboxylic acids is 1. The number of pyridine rings is 1. The van der Waals surface area contributed by atoms with E-state index in [0.29, 0.717) is 11.4 Å². The van der Waals surface area contributed by atoms with Crippen LogP contribution in [0.4, 0.5) is 0 Å². The van der Waals surface area contributed by atoms with Crippen LogP contribution in [0.3, 0.4) is 0 Å². The van der Waals surface area contributed by atoms with Gasteiger partial charge in [-0.3, -0.25) is 4.79 Å². The average Bonchev–Trinajstić information content (AvgIpc) is 3.06. The lowest BCUT2D eigenvalue weighted by Crippen LogP contribution is -2.20. The van der Waals surface area contributed by atoms with Gasteiger partial charge in [-0.25, -0.2) is 10.4 Å². The Morgan fingerprint density at radius 1 is 1.14 bits per heavy atom. The number of amides is 1. The van der Waals surface area contributed by atoms with Gasteiger partial charge in [0.15, 0.2) is 0 Å². The van der Waals surface area contributed by atoms with Gasteiger partial charge in [-0.2, -0.15) is 5.10 Å². The lowest BCUT2D eigenvalue weighted by molar-refractivity contribution is 0.0950. The molecule has 0 unspecified atom stereocenters. The number of rotatable bonds is 3. The van der Waals surface area contributed by atoms with Gasteiger partial charge >= 0.3 is 0 Å². The number of hydrogen-bond acceptors (Lipinski definition) is 3. The molecule has 5 nitrogen and oxygen atoms in total. The number of nitrogens with one attached hydrogen (secondary N) is 2. The number of nitrogens with zero attached hydrogens (tertiary/aromatic N) is 2. The van der Waals surface area contributed by atoms with Gasteiger partial charge in [-0.15, -0.1) is 0 Å². The maximum Gasteiger partial charge on any atom is 0.289 e. The Labute approximate surface area is 121 Å². The van der Waals surface area contributed by atoms with Crippen molar-refractivity contribution in [1.82, 2.24) is 15.4 Å². The quantitative estimate of drug-likeness (QED) is 0.571. The van der Waals surface area contributed by atoms with Crippen LogP contribution in [0.15, 0.2) is 59.8 Å². The van der Waals surface area contributed by atoms with Crippen LogP contribution in [0.5, 0.6) is 0 Å². The van der Waals surface area contributed by atoms with E-state index in [1.165, 1.54) is 0 Å². The second-order valence-corrected chi connectivity index (χ2v) is 4.61. The summed E-state index contributed by atoms with van der Waals surface area (Å²) in [5.41, 5.74) is 5.22. The van der Waals surface area contributed by atoms with Crippen molar-refractivity contribution in [2.24, 2.45) is 5.10 Å². The van der Waals surface area contributed by atoms with Crippen molar-refractivity contribution in [3.8, 4) is 0 Å². The molecule has 0 saturated heterocycles. The second-order valence-electron chi connectivity index (χ2n) is 4.61. The largest absolute Gasteiger partial charge is 0.360 e. The lowest BCUT2D eigenvalue weighted by atomic mass is 10.2. The van der Waals surface area contributed by atoms with Gasteiger partial charge in [-0.1, -0.05) is 24.3 Å². The summed E-state index contributed by atoms with van der Waals surface area (Å²) < 4.78 is 0. The summed E-state index contributed by atoms with van der Waals surface area (Å²) in [6, 6.07) is 15.0. The highest BCUT2D eigenvalue weighted by molar-refractivity contribution is 5.99. The fraction of sp³-hybridized carbons (Fsp3) is 0.0625. The number of hydrogen-bond donors (Lipinski definition) is 2. The minimum Gasteiger partial charge on any atom is -0.360 e. The monoisotopic (exact) mass is 278 g/mol. The van der Waals surface area contributed by atoms with Crippen LogP contribution >= 0.6 is 0 Å². The highest BCUT2D eigenvalue weighted by Crippen LogP contribution is 2.11. The summed E-state index contributed by atoms with van der Waals surface area (Å²) in [5, 5.41) is 5.07. The Morgan fingerprint density at radius 2 is 2.00 bits per heavy atom. The summed E-state index contributed by atoms with van der Waals surface area (Å²) in [6.07, 6.45) is 1.81. The number of aromatic nitrogens is 2. The molecule has 3 rings (SSSR count). The molecular weight excluding hydrogens is 264 g/mol. The SMILES string of the molecule is C/C(=N\NC(=O)c1ccc2ccccc2n1)c1ccc[nH]1. The third-order valence-electron chi connectivity index (χ3n) is 3.14. The third-order valence-corrected chi connectivity index (χ3v) is 3.14. The van der Waals surface area contributed by atoms with Gasteiger partial charge in [0.2, 0.25) is 0 Å². The lowest BCUT2D eigenvalue weighted by Gasteiger charge is -2.03. The molecule has 2 heterocycles.